The molecule has 2 heterocycles. The third kappa shape index (κ3) is 3.02. The molecular formula is C16H17IN4. The first-order chi connectivity index (χ1) is 10.2. The van der Waals surface area contributed by atoms with E-state index >= 15 is 0 Å². The summed E-state index contributed by atoms with van der Waals surface area (Å²) in [7, 11) is 1.99. The van der Waals surface area contributed by atoms with Crippen molar-refractivity contribution < 1.29 is 0 Å². The van der Waals surface area contributed by atoms with Crippen molar-refractivity contribution in [3.63, 3.8) is 0 Å². The van der Waals surface area contributed by atoms with Crippen molar-refractivity contribution in [3.05, 3.63) is 57.7 Å². The van der Waals surface area contributed by atoms with E-state index in [2.05, 4.69) is 76.2 Å². The second kappa shape index (κ2) is 6.01. The minimum atomic E-state index is 0.743. The summed E-state index contributed by atoms with van der Waals surface area (Å²) in [6, 6.07) is 10.5. The number of hydrogen-bond donors (Lipinski definition) is 0. The van der Waals surface area contributed by atoms with Crippen LogP contribution in [0.25, 0.3) is 11.1 Å². The lowest BCUT2D eigenvalue weighted by atomic mass is 10.1. The molecule has 3 rings (SSSR count). The van der Waals surface area contributed by atoms with Crippen LogP contribution in [0.2, 0.25) is 0 Å². The Morgan fingerprint density at radius 2 is 2.05 bits per heavy atom. The van der Waals surface area contributed by atoms with E-state index in [9.17, 15) is 0 Å². The van der Waals surface area contributed by atoms with Crippen molar-refractivity contribution in [2.75, 3.05) is 0 Å². The molecule has 0 atom stereocenters. The smallest absolute Gasteiger partial charge is 0.0828 e. The zero-order valence-electron chi connectivity index (χ0n) is 12.1. The number of hydrogen-bond acceptors (Lipinski definition) is 2. The fourth-order valence-electron chi connectivity index (χ4n) is 2.34. The van der Waals surface area contributed by atoms with Crippen LogP contribution in [0.5, 0.6) is 0 Å². The van der Waals surface area contributed by atoms with E-state index in [1.807, 2.05) is 22.6 Å². The average molecular weight is 392 g/mol. The Labute approximate surface area is 137 Å². The summed E-state index contributed by atoms with van der Waals surface area (Å²) in [6.07, 6.45) is 4.98. The van der Waals surface area contributed by atoms with Crippen molar-refractivity contribution in [3.8, 4) is 11.1 Å². The Morgan fingerprint density at radius 3 is 2.76 bits per heavy atom. The maximum Gasteiger partial charge on any atom is 0.0828 e. The monoisotopic (exact) mass is 392 g/mol. The van der Waals surface area contributed by atoms with Gasteiger partial charge >= 0.3 is 0 Å². The van der Waals surface area contributed by atoms with E-state index in [0.717, 1.165) is 24.2 Å². The summed E-state index contributed by atoms with van der Waals surface area (Å²) in [4.78, 5) is 0. The zero-order chi connectivity index (χ0) is 14.8. The van der Waals surface area contributed by atoms with Crippen LogP contribution in [0.1, 0.15) is 18.3 Å². The van der Waals surface area contributed by atoms with Crippen LogP contribution in [0.3, 0.4) is 0 Å². The normalized spacial score (nSPS) is 11.0. The molecule has 0 saturated carbocycles. The van der Waals surface area contributed by atoms with Crippen LogP contribution in [-0.4, -0.2) is 19.6 Å². The highest BCUT2D eigenvalue weighted by molar-refractivity contribution is 14.1. The van der Waals surface area contributed by atoms with Gasteiger partial charge in [-0.05, 0) is 46.7 Å². The molecular weight excluding hydrogens is 375 g/mol. The van der Waals surface area contributed by atoms with Crippen LogP contribution >= 0.6 is 22.6 Å². The van der Waals surface area contributed by atoms with E-state index in [4.69, 9.17) is 0 Å². The Kier molecular flexibility index (Phi) is 4.10. The SMILES string of the molecule is CCc1cc(Cn2cc(-c3ccccc3I)cn2)n(C)n1. The van der Waals surface area contributed by atoms with Crippen LogP contribution < -0.4 is 0 Å². The summed E-state index contributed by atoms with van der Waals surface area (Å²) < 4.78 is 5.14. The van der Waals surface area contributed by atoms with Gasteiger partial charge in [0.25, 0.3) is 0 Å². The third-order valence-electron chi connectivity index (χ3n) is 3.53. The molecule has 0 N–H and O–H groups in total. The molecule has 3 aromatic rings. The van der Waals surface area contributed by atoms with Gasteiger partial charge in [0.2, 0.25) is 0 Å². The Hall–Kier alpha value is -1.63. The van der Waals surface area contributed by atoms with E-state index in [1.54, 1.807) is 0 Å². The fraction of sp³-hybridized carbons (Fsp3) is 0.250. The number of aromatic nitrogens is 4. The molecule has 0 fully saturated rings. The predicted molar refractivity (Wildman–Crippen MR) is 92.1 cm³/mol. The number of aryl methyl sites for hydroxylation is 2. The van der Waals surface area contributed by atoms with Gasteiger partial charge in [0.05, 0.1) is 24.1 Å². The molecule has 0 unspecified atom stereocenters. The summed E-state index contributed by atoms with van der Waals surface area (Å²) in [6.45, 7) is 2.86. The number of benzene rings is 1. The maximum atomic E-state index is 4.48. The molecule has 21 heavy (non-hydrogen) atoms. The van der Waals surface area contributed by atoms with Gasteiger partial charge in [-0.3, -0.25) is 9.36 Å². The van der Waals surface area contributed by atoms with E-state index in [1.165, 1.54) is 14.8 Å². The Balaban J connectivity index is 1.85. The van der Waals surface area contributed by atoms with Gasteiger partial charge in [-0.2, -0.15) is 10.2 Å². The van der Waals surface area contributed by atoms with Crippen LogP contribution in [-0.2, 0) is 20.0 Å². The summed E-state index contributed by atoms with van der Waals surface area (Å²) >= 11 is 2.36. The van der Waals surface area contributed by atoms with Crippen molar-refractivity contribution in [2.24, 2.45) is 7.05 Å². The van der Waals surface area contributed by atoms with E-state index in [0.29, 0.717) is 0 Å². The highest BCUT2D eigenvalue weighted by Crippen LogP contribution is 2.24. The molecule has 1 aromatic carbocycles. The quantitative estimate of drug-likeness (QED) is 0.638. The van der Waals surface area contributed by atoms with Gasteiger partial charge < -0.3 is 0 Å². The molecule has 108 valence electrons. The zero-order valence-corrected chi connectivity index (χ0v) is 14.3. The number of nitrogens with zero attached hydrogens (tertiary/aromatic N) is 4. The summed E-state index contributed by atoms with van der Waals surface area (Å²) in [5.74, 6) is 0. The van der Waals surface area contributed by atoms with Crippen LogP contribution in [0, 0.1) is 3.57 Å². The molecule has 0 radical (unpaired) electrons. The molecule has 0 spiro atoms. The first-order valence-electron chi connectivity index (χ1n) is 6.96. The topological polar surface area (TPSA) is 35.6 Å². The second-order valence-electron chi connectivity index (χ2n) is 5.01. The average Bonchev–Trinajstić information content (AvgIpc) is 3.07. The lowest BCUT2D eigenvalue weighted by Crippen LogP contribution is -2.05. The maximum absolute atomic E-state index is 4.48. The van der Waals surface area contributed by atoms with E-state index in [-0.39, 0.29) is 0 Å². The lowest BCUT2D eigenvalue weighted by Gasteiger charge is -2.02. The fourth-order valence-corrected chi connectivity index (χ4v) is 3.04. The van der Waals surface area contributed by atoms with Crippen LogP contribution in [0.15, 0.2) is 42.7 Å². The van der Waals surface area contributed by atoms with Crippen LogP contribution in [0.4, 0.5) is 0 Å². The van der Waals surface area contributed by atoms with Crippen molar-refractivity contribution >= 4 is 22.6 Å². The Morgan fingerprint density at radius 1 is 1.24 bits per heavy atom. The molecule has 0 aliphatic rings. The van der Waals surface area contributed by atoms with E-state index < -0.39 is 0 Å². The van der Waals surface area contributed by atoms with Gasteiger partial charge in [-0.1, -0.05) is 25.1 Å². The summed E-state index contributed by atoms with van der Waals surface area (Å²) in [5.41, 5.74) is 4.67. The minimum Gasteiger partial charge on any atom is -0.270 e. The molecule has 0 bridgehead atoms. The molecule has 5 heteroatoms. The van der Waals surface area contributed by atoms with Gasteiger partial charge in [-0.25, -0.2) is 0 Å². The summed E-state index contributed by atoms with van der Waals surface area (Å²) in [5, 5.41) is 8.96. The highest BCUT2D eigenvalue weighted by Gasteiger charge is 2.08. The van der Waals surface area contributed by atoms with Gasteiger partial charge in [-0.15, -0.1) is 0 Å². The van der Waals surface area contributed by atoms with Gasteiger partial charge in [0, 0.05) is 22.4 Å². The first kappa shape index (κ1) is 14.3. The number of rotatable bonds is 4. The molecule has 2 aromatic heterocycles. The molecule has 4 nitrogen and oxygen atoms in total. The van der Waals surface area contributed by atoms with Gasteiger partial charge in [0.1, 0.15) is 0 Å². The second-order valence-corrected chi connectivity index (χ2v) is 6.17. The molecule has 0 saturated heterocycles. The Bertz CT molecular complexity index is 757. The highest BCUT2D eigenvalue weighted by atomic mass is 127. The molecule has 0 aliphatic heterocycles. The predicted octanol–water partition coefficient (Wildman–Crippen LogP) is 3.50. The largest absolute Gasteiger partial charge is 0.270 e. The van der Waals surface area contributed by atoms with Crippen molar-refractivity contribution in [2.45, 2.75) is 19.9 Å². The lowest BCUT2D eigenvalue weighted by molar-refractivity contribution is 0.618. The standard InChI is InChI=1S/C16H17IN4/c1-3-13-8-14(20(2)19-13)11-21-10-12(9-18-21)15-6-4-5-7-16(15)17/h4-10H,3,11H2,1-2H3. The molecule has 0 amide bonds. The third-order valence-corrected chi connectivity index (χ3v) is 4.47. The van der Waals surface area contributed by atoms with Gasteiger partial charge in [0.15, 0.2) is 0 Å². The first-order valence-corrected chi connectivity index (χ1v) is 8.04. The minimum absolute atomic E-state index is 0.743. The number of halogens is 1. The van der Waals surface area contributed by atoms with Crippen molar-refractivity contribution in [1.82, 2.24) is 19.6 Å². The van der Waals surface area contributed by atoms with Crippen molar-refractivity contribution in [1.29, 1.82) is 0 Å². The molecule has 0 aliphatic carbocycles.